The number of piperidine rings is 1. The molecule has 1 aromatic carbocycles. The molecule has 1 aliphatic rings. The molecule has 8 nitrogen and oxygen atoms in total. The zero-order chi connectivity index (χ0) is 16.8. The van der Waals surface area contributed by atoms with Gasteiger partial charge in [-0.15, -0.1) is 24.8 Å². The van der Waals surface area contributed by atoms with Crippen molar-refractivity contribution in [3.63, 3.8) is 0 Å². The molecule has 1 aliphatic heterocycles. The zero-order valence-electron chi connectivity index (χ0n) is 14.6. The highest BCUT2D eigenvalue weighted by molar-refractivity contribution is 5.85. The minimum Gasteiger partial charge on any atom is -0.350 e. The van der Waals surface area contributed by atoms with Gasteiger partial charge >= 0.3 is 0 Å². The lowest BCUT2D eigenvalue weighted by Crippen LogP contribution is -2.50. The van der Waals surface area contributed by atoms with E-state index in [4.69, 9.17) is 0 Å². The number of hydrogen-bond donors (Lipinski definition) is 3. The number of rotatable bonds is 6. The molecule has 2 atom stereocenters. The van der Waals surface area contributed by atoms with Gasteiger partial charge in [0.1, 0.15) is 6.04 Å². The van der Waals surface area contributed by atoms with Crippen molar-refractivity contribution in [1.29, 1.82) is 0 Å². The molecule has 0 spiro atoms. The summed E-state index contributed by atoms with van der Waals surface area (Å²) in [6, 6.07) is 9.41. The molecule has 10 heteroatoms. The van der Waals surface area contributed by atoms with Gasteiger partial charge in [0.25, 0.3) is 0 Å². The number of anilines is 1. The van der Waals surface area contributed by atoms with Crippen LogP contribution in [0.15, 0.2) is 30.3 Å². The van der Waals surface area contributed by atoms with Crippen LogP contribution in [-0.2, 0) is 4.79 Å². The molecule has 3 rings (SSSR count). The Morgan fingerprint density at radius 2 is 2.12 bits per heavy atom. The van der Waals surface area contributed by atoms with Crippen molar-refractivity contribution >= 4 is 36.7 Å². The molecule has 26 heavy (non-hydrogen) atoms. The van der Waals surface area contributed by atoms with Crippen LogP contribution in [0.2, 0.25) is 0 Å². The number of para-hydroxylation sites is 1. The van der Waals surface area contributed by atoms with Gasteiger partial charge in [-0.05, 0) is 48.4 Å². The first-order valence-electron chi connectivity index (χ1n) is 8.39. The second kappa shape index (κ2) is 10.9. The summed E-state index contributed by atoms with van der Waals surface area (Å²) in [6.07, 6.45) is 2.74. The van der Waals surface area contributed by atoms with Crippen molar-refractivity contribution < 1.29 is 4.79 Å². The molecule has 0 aliphatic carbocycles. The van der Waals surface area contributed by atoms with Gasteiger partial charge in [0, 0.05) is 12.6 Å². The van der Waals surface area contributed by atoms with Crippen LogP contribution in [0.3, 0.4) is 0 Å². The fourth-order valence-electron chi connectivity index (χ4n) is 2.81. The quantitative estimate of drug-likeness (QED) is 0.679. The smallest absolute Gasteiger partial charge is 0.248 e. The molecule has 0 bridgehead atoms. The molecule has 1 amide bonds. The standard InChI is InChI=1S/C16H23N7O.2ClH/c1-2-14(15(24)18-12-7-6-10-17-11-12)19-16-20-21-22-23(16)13-8-4-3-5-9-13;;/h3-5,8-9,12,14,17H,2,6-7,10-11H2,1H3,(H,18,24)(H,19,20,22);2*1H. The number of hydrogen-bond acceptors (Lipinski definition) is 6. The Morgan fingerprint density at radius 1 is 1.35 bits per heavy atom. The molecule has 2 unspecified atom stereocenters. The monoisotopic (exact) mass is 401 g/mol. The topological polar surface area (TPSA) is 96.8 Å². The number of tetrazole rings is 1. The summed E-state index contributed by atoms with van der Waals surface area (Å²) in [7, 11) is 0. The Morgan fingerprint density at radius 3 is 2.77 bits per heavy atom. The fraction of sp³-hybridized carbons (Fsp3) is 0.500. The van der Waals surface area contributed by atoms with E-state index in [1.54, 1.807) is 4.68 Å². The molecule has 0 radical (unpaired) electrons. The summed E-state index contributed by atoms with van der Waals surface area (Å²) >= 11 is 0. The van der Waals surface area contributed by atoms with Crippen LogP contribution in [-0.4, -0.2) is 51.3 Å². The third-order valence-electron chi connectivity index (χ3n) is 4.14. The Bertz CT molecular complexity index is 662. The zero-order valence-corrected chi connectivity index (χ0v) is 16.2. The van der Waals surface area contributed by atoms with E-state index < -0.39 is 0 Å². The highest BCUT2D eigenvalue weighted by Crippen LogP contribution is 2.13. The second-order valence-electron chi connectivity index (χ2n) is 5.91. The van der Waals surface area contributed by atoms with Gasteiger partial charge < -0.3 is 16.0 Å². The van der Waals surface area contributed by atoms with Crippen molar-refractivity contribution in [3.8, 4) is 5.69 Å². The Kier molecular flexibility index (Phi) is 9.32. The predicted octanol–water partition coefficient (Wildman–Crippen LogP) is 1.56. The summed E-state index contributed by atoms with van der Waals surface area (Å²) in [5, 5.41) is 21.3. The first-order chi connectivity index (χ1) is 11.8. The van der Waals surface area contributed by atoms with Crippen LogP contribution in [0.4, 0.5) is 5.95 Å². The maximum Gasteiger partial charge on any atom is 0.248 e. The molecule has 3 N–H and O–H groups in total. The van der Waals surface area contributed by atoms with Crippen LogP contribution >= 0.6 is 24.8 Å². The van der Waals surface area contributed by atoms with Gasteiger partial charge in [-0.1, -0.05) is 30.2 Å². The number of aromatic nitrogens is 4. The lowest BCUT2D eigenvalue weighted by molar-refractivity contribution is -0.122. The van der Waals surface area contributed by atoms with Crippen LogP contribution in [0.25, 0.3) is 5.69 Å². The van der Waals surface area contributed by atoms with E-state index in [2.05, 4.69) is 31.5 Å². The number of halogens is 2. The van der Waals surface area contributed by atoms with E-state index >= 15 is 0 Å². The van der Waals surface area contributed by atoms with Crippen LogP contribution in [0.1, 0.15) is 26.2 Å². The summed E-state index contributed by atoms with van der Waals surface area (Å²) in [5.41, 5.74) is 0.844. The fourth-order valence-corrected chi connectivity index (χ4v) is 2.81. The third kappa shape index (κ3) is 5.55. The molecule has 2 heterocycles. The van der Waals surface area contributed by atoms with Crippen LogP contribution in [0, 0.1) is 0 Å². The first-order valence-corrected chi connectivity index (χ1v) is 8.39. The molecule has 2 aromatic rings. The normalized spacial score (nSPS) is 17.3. The van der Waals surface area contributed by atoms with Crippen molar-refractivity contribution in [2.24, 2.45) is 0 Å². The van der Waals surface area contributed by atoms with Gasteiger partial charge in [-0.2, -0.15) is 4.68 Å². The van der Waals surface area contributed by atoms with Crippen molar-refractivity contribution in [1.82, 2.24) is 30.8 Å². The van der Waals surface area contributed by atoms with Crippen molar-refractivity contribution in [2.75, 3.05) is 18.4 Å². The van der Waals surface area contributed by atoms with Gasteiger partial charge in [-0.25, -0.2) is 0 Å². The average molecular weight is 402 g/mol. The summed E-state index contributed by atoms with van der Waals surface area (Å²) in [5.74, 6) is 0.443. The SMILES string of the molecule is CCC(Nc1nnnn1-c1ccccc1)C(=O)NC1CCCNC1.Cl.Cl. The van der Waals surface area contributed by atoms with Gasteiger partial charge in [0.15, 0.2) is 0 Å². The highest BCUT2D eigenvalue weighted by atomic mass is 35.5. The number of carbonyl (C=O) groups is 1. The number of amides is 1. The second-order valence-corrected chi connectivity index (χ2v) is 5.91. The van der Waals surface area contributed by atoms with E-state index in [0.29, 0.717) is 12.4 Å². The lowest BCUT2D eigenvalue weighted by Gasteiger charge is -2.26. The average Bonchev–Trinajstić information content (AvgIpc) is 3.09. The molecule has 1 fully saturated rings. The summed E-state index contributed by atoms with van der Waals surface area (Å²) < 4.78 is 1.60. The van der Waals surface area contributed by atoms with Crippen molar-refractivity contribution in [3.05, 3.63) is 30.3 Å². The minimum atomic E-state index is -0.375. The largest absolute Gasteiger partial charge is 0.350 e. The third-order valence-corrected chi connectivity index (χ3v) is 4.14. The Labute approximate surface area is 165 Å². The minimum absolute atomic E-state index is 0. The van der Waals surface area contributed by atoms with Gasteiger partial charge in [0.05, 0.1) is 5.69 Å². The van der Waals surface area contributed by atoms with E-state index in [9.17, 15) is 4.79 Å². The number of nitrogens with one attached hydrogen (secondary N) is 3. The number of benzene rings is 1. The van der Waals surface area contributed by atoms with Crippen LogP contribution in [0.5, 0.6) is 0 Å². The molecule has 1 saturated heterocycles. The molecule has 1 aromatic heterocycles. The van der Waals surface area contributed by atoms with E-state index in [1.165, 1.54) is 0 Å². The Balaban J connectivity index is 0.00000169. The molecule has 0 saturated carbocycles. The Hall–Kier alpha value is -1.90. The maximum atomic E-state index is 12.5. The predicted molar refractivity (Wildman–Crippen MR) is 105 cm³/mol. The van der Waals surface area contributed by atoms with Gasteiger partial charge in [-0.3, -0.25) is 4.79 Å². The van der Waals surface area contributed by atoms with Gasteiger partial charge in [0.2, 0.25) is 11.9 Å². The van der Waals surface area contributed by atoms with Crippen LogP contribution < -0.4 is 16.0 Å². The number of nitrogens with zero attached hydrogens (tertiary/aromatic N) is 4. The first kappa shape index (κ1) is 22.1. The number of carbonyl (C=O) groups excluding carboxylic acids is 1. The lowest BCUT2D eigenvalue weighted by atomic mass is 10.1. The molecular formula is C16H25Cl2N7O. The van der Waals surface area contributed by atoms with E-state index in [1.807, 2.05) is 37.3 Å². The molecular weight excluding hydrogens is 377 g/mol. The van der Waals surface area contributed by atoms with E-state index in [-0.39, 0.29) is 42.8 Å². The highest BCUT2D eigenvalue weighted by Gasteiger charge is 2.23. The maximum absolute atomic E-state index is 12.5. The summed E-state index contributed by atoms with van der Waals surface area (Å²) in [4.78, 5) is 12.5. The van der Waals surface area contributed by atoms with Crippen molar-refractivity contribution in [2.45, 2.75) is 38.3 Å². The van der Waals surface area contributed by atoms with E-state index in [0.717, 1.165) is 31.6 Å². The summed E-state index contributed by atoms with van der Waals surface area (Å²) in [6.45, 7) is 3.81. The molecule has 144 valence electrons.